The molecule has 4 nitrogen and oxygen atoms in total. The van der Waals surface area contributed by atoms with E-state index in [4.69, 9.17) is 14.2 Å². The van der Waals surface area contributed by atoms with E-state index in [9.17, 15) is 0 Å². The molecule has 1 heterocycles. The molecule has 0 unspecified atom stereocenters. The molecular formula is C18H37NO3. The van der Waals surface area contributed by atoms with E-state index in [-0.39, 0.29) is 17.7 Å². The zero-order valence-electron chi connectivity index (χ0n) is 15.2. The maximum Gasteiger partial charge on any atom is 0.105 e. The molecule has 0 saturated carbocycles. The van der Waals surface area contributed by atoms with Gasteiger partial charge in [-0.1, -0.05) is 40.0 Å². The Bertz CT molecular complexity index is 275. The first kappa shape index (κ1) is 19.9. The van der Waals surface area contributed by atoms with Crippen LogP contribution in [0.25, 0.3) is 0 Å². The third-order valence-electron chi connectivity index (χ3n) is 4.35. The molecule has 0 aromatic heterocycles. The second kappa shape index (κ2) is 11.4. The molecule has 1 rings (SSSR count). The van der Waals surface area contributed by atoms with Crippen molar-refractivity contribution in [3.63, 3.8) is 0 Å². The number of hydrogen-bond donors (Lipinski definition) is 1. The molecule has 3 atom stereocenters. The van der Waals surface area contributed by atoms with Crippen LogP contribution in [-0.2, 0) is 14.2 Å². The van der Waals surface area contributed by atoms with Gasteiger partial charge in [0.15, 0.2) is 0 Å². The van der Waals surface area contributed by atoms with Crippen LogP contribution in [0.2, 0.25) is 0 Å². The molecule has 0 aromatic carbocycles. The fourth-order valence-corrected chi connectivity index (χ4v) is 2.80. The van der Waals surface area contributed by atoms with E-state index in [1.807, 2.05) is 0 Å². The van der Waals surface area contributed by atoms with E-state index < -0.39 is 0 Å². The Morgan fingerprint density at radius 2 is 1.59 bits per heavy atom. The van der Waals surface area contributed by atoms with Crippen LogP contribution in [0.15, 0.2) is 0 Å². The average molecular weight is 315 g/mol. The topological polar surface area (TPSA) is 39.7 Å². The standard InChI is InChI=1S/C18H37NO3/c1-5-8-11-20-14-16-17(21-12-9-6-2)18(4,15-19-16)22-13-10-7-3/h16-17,19H,5-15H2,1-4H3/t16-,17-,18+/m1/s1. The van der Waals surface area contributed by atoms with Crippen LogP contribution < -0.4 is 5.32 Å². The Kier molecular flexibility index (Phi) is 10.3. The van der Waals surface area contributed by atoms with E-state index >= 15 is 0 Å². The van der Waals surface area contributed by atoms with Gasteiger partial charge in [0.25, 0.3) is 0 Å². The molecule has 132 valence electrons. The van der Waals surface area contributed by atoms with E-state index in [1.165, 1.54) is 6.42 Å². The highest BCUT2D eigenvalue weighted by atomic mass is 16.6. The van der Waals surface area contributed by atoms with Crippen molar-refractivity contribution in [1.29, 1.82) is 0 Å². The summed E-state index contributed by atoms with van der Waals surface area (Å²) in [5, 5.41) is 3.55. The highest BCUT2D eigenvalue weighted by Crippen LogP contribution is 2.28. The Labute approximate surface area is 137 Å². The molecule has 0 amide bonds. The van der Waals surface area contributed by atoms with E-state index in [1.54, 1.807) is 0 Å². The number of ether oxygens (including phenoxy) is 3. The van der Waals surface area contributed by atoms with Crippen LogP contribution in [0.3, 0.4) is 0 Å². The summed E-state index contributed by atoms with van der Waals surface area (Å²) in [5.74, 6) is 0. The Morgan fingerprint density at radius 3 is 2.27 bits per heavy atom. The van der Waals surface area contributed by atoms with Crippen molar-refractivity contribution in [1.82, 2.24) is 5.32 Å². The molecule has 1 fully saturated rings. The quantitative estimate of drug-likeness (QED) is 0.528. The normalized spacial score (nSPS) is 28.4. The number of hydrogen-bond acceptors (Lipinski definition) is 4. The summed E-state index contributed by atoms with van der Waals surface area (Å²) in [7, 11) is 0. The van der Waals surface area contributed by atoms with Gasteiger partial charge in [-0.05, 0) is 26.2 Å². The third kappa shape index (κ3) is 6.53. The first-order chi connectivity index (χ1) is 10.7. The van der Waals surface area contributed by atoms with E-state index in [2.05, 4.69) is 33.0 Å². The van der Waals surface area contributed by atoms with Gasteiger partial charge in [-0.25, -0.2) is 0 Å². The minimum Gasteiger partial charge on any atom is -0.380 e. The minimum absolute atomic E-state index is 0.0810. The van der Waals surface area contributed by atoms with Gasteiger partial charge in [0, 0.05) is 26.4 Å². The second-order valence-electron chi connectivity index (χ2n) is 6.58. The molecule has 1 saturated heterocycles. The summed E-state index contributed by atoms with van der Waals surface area (Å²) in [4.78, 5) is 0. The Balaban J connectivity index is 2.51. The molecule has 0 bridgehead atoms. The Hall–Kier alpha value is -0.160. The summed E-state index contributed by atoms with van der Waals surface area (Å²) >= 11 is 0. The number of unbranched alkanes of at least 4 members (excludes halogenated alkanes) is 3. The zero-order valence-corrected chi connectivity index (χ0v) is 15.2. The molecule has 4 heteroatoms. The van der Waals surface area contributed by atoms with Crippen LogP contribution in [0.5, 0.6) is 0 Å². The zero-order chi connectivity index (χ0) is 16.3. The lowest BCUT2D eigenvalue weighted by Gasteiger charge is -2.33. The van der Waals surface area contributed by atoms with Gasteiger partial charge in [0.05, 0.1) is 12.6 Å². The molecule has 0 spiro atoms. The highest BCUT2D eigenvalue weighted by Gasteiger charge is 2.47. The molecular weight excluding hydrogens is 278 g/mol. The monoisotopic (exact) mass is 315 g/mol. The second-order valence-corrected chi connectivity index (χ2v) is 6.58. The van der Waals surface area contributed by atoms with Crippen LogP contribution in [0.1, 0.15) is 66.2 Å². The number of nitrogens with one attached hydrogen (secondary N) is 1. The van der Waals surface area contributed by atoms with Crippen molar-refractivity contribution in [2.24, 2.45) is 0 Å². The lowest BCUT2D eigenvalue weighted by Crippen LogP contribution is -2.47. The molecule has 0 aromatic rings. The highest BCUT2D eigenvalue weighted by molar-refractivity contribution is 5.02. The van der Waals surface area contributed by atoms with Gasteiger partial charge in [-0.2, -0.15) is 0 Å². The largest absolute Gasteiger partial charge is 0.380 e. The predicted octanol–water partition coefficient (Wildman–Crippen LogP) is 3.54. The summed E-state index contributed by atoms with van der Waals surface area (Å²) in [6.45, 7) is 12.8. The maximum absolute atomic E-state index is 6.19. The summed E-state index contributed by atoms with van der Waals surface area (Å²) in [5.41, 5.74) is -0.234. The third-order valence-corrected chi connectivity index (χ3v) is 4.35. The van der Waals surface area contributed by atoms with Crippen molar-refractivity contribution in [2.45, 2.75) is 84.0 Å². The van der Waals surface area contributed by atoms with Crippen LogP contribution >= 0.6 is 0 Å². The first-order valence-electron chi connectivity index (χ1n) is 9.24. The average Bonchev–Trinajstić information content (AvgIpc) is 2.82. The van der Waals surface area contributed by atoms with Crippen LogP contribution in [0, 0.1) is 0 Å². The van der Waals surface area contributed by atoms with Crippen molar-refractivity contribution in [2.75, 3.05) is 33.0 Å². The lowest BCUT2D eigenvalue weighted by molar-refractivity contribution is -0.123. The van der Waals surface area contributed by atoms with Crippen molar-refractivity contribution in [3.05, 3.63) is 0 Å². The maximum atomic E-state index is 6.19. The summed E-state index contributed by atoms with van der Waals surface area (Å²) in [6.07, 6.45) is 6.90. The smallest absolute Gasteiger partial charge is 0.105 e. The summed E-state index contributed by atoms with van der Waals surface area (Å²) in [6, 6.07) is 0.236. The fraction of sp³-hybridized carbons (Fsp3) is 1.00. The van der Waals surface area contributed by atoms with Gasteiger partial charge < -0.3 is 19.5 Å². The molecule has 1 aliphatic rings. The molecule has 1 aliphatic heterocycles. The molecule has 22 heavy (non-hydrogen) atoms. The minimum atomic E-state index is -0.234. The van der Waals surface area contributed by atoms with Gasteiger partial charge in [-0.3, -0.25) is 0 Å². The van der Waals surface area contributed by atoms with Crippen molar-refractivity contribution >= 4 is 0 Å². The van der Waals surface area contributed by atoms with Gasteiger partial charge >= 0.3 is 0 Å². The fourth-order valence-electron chi connectivity index (χ4n) is 2.80. The van der Waals surface area contributed by atoms with Crippen molar-refractivity contribution < 1.29 is 14.2 Å². The first-order valence-corrected chi connectivity index (χ1v) is 9.24. The van der Waals surface area contributed by atoms with E-state index in [0.29, 0.717) is 6.61 Å². The molecule has 1 N–H and O–H groups in total. The SMILES string of the molecule is CCCCOC[C@H]1NC[C@](C)(OCCCC)[C@@H]1OCCCC. The van der Waals surface area contributed by atoms with Gasteiger partial charge in [-0.15, -0.1) is 0 Å². The van der Waals surface area contributed by atoms with Crippen molar-refractivity contribution in [3.8, 4) is 0 Å². The van der Waals surface area contributed by atoms with Crippen LogP contribution in [-0.4, -0.2) is 50.7 Å². The summed E-state index contributed by atoms with van der Waals surface area (Å²) < 4.78 is 18.2. The van der Waals surface area contributed by atoms with Gasteiger partial charge in [0.1, 0.15) is 11.7 Å². The van der Waals surface area contributed by atoms with E-state index in [0.717, 1.165) is 58.5 Å². The molecule has 0 radical (unpaired) electrons. The van der Waals surface area contributed by atoms with Crippen LogP contribution in [0.4, 0.5) is 0 Å². The predicted molar refractivity (Wildman–Crippen MR) is 91.4 cm³/mol. The van der Waals surface area contributed by atoms with Gasteiger partial charge in [0.2, 0.25) is 0 Å². The number of rotatable bonds is 13. The Morgan fingerprint density at radius 1 is 0.955 bits per heavy atom. The lowest BCUT2D eigenvalue weighted by atomic mass is 9.98. The molecule has 0 aliphatic carbocycles.